The van der Waals surface area contributed by atoms with Gasteiger partial charge in [0.05, 0.1) is 0 Å². The van der Waals surface area contributed by atoms with E-state index in [0.29, 0.717) is 16.5 Å². The lowest BCUT2D eigenvalue weighted by atomic mass is 10.1. The molecular formula is C23H21ClN2O2S. The summed E-state index contributed by atoms with van der Waals surface area (Å²) in [6.07, 6.45) is 2.96. The summed E-state index contributed by atoms with van der Waals surface area (Å²) in [5, 5.41) is 6.54. The van der Waals surface area contributed by atoms with Crippen LogP contribution in [0.15, 0.2) is 59.0 Å². The van der Waals surface area contributed by atoms with E-state index in [1.807, 2.05) is 63.2 Å². The van der Waals surface area contributed by atoms with Gasteiger partial charge in [-0.15, -0.1) is 0 Å². The number of aryl methyl sites for hydroxylation is 3. The topological polar surface area (TPSA) is 54.3 Å². The van der Waals surface area contributed by atoms with Crippen molar-refractivity contribution < 1.29 is 9.21 Å². The van der Waals surface area contributed by atoms with Crippen LogP contribution in [0, 0.1) is 20.8 Å². The number of nitrogens with one attached hydrogen (secondary N) is 2. The van der Waals surface area contributed by atoms with Crippen molar-refractivity contribution in [3.63, 3.8) is 0 Å². The van der Waals surface area contributed by atoms with Gasteiger partial charge in [0.2, 0.25) is 5.91 Å². The first-order valence-corrected chi connectivity index (χ1v) is 9.84. The Morgan fingerprint density at radius 1 is 1.00 bits per heavy atom. The Hall–Kier alpha value is -2.89. The number of carbonyl (C=O) groups excluding carboxylic acids is 1. The van der Waals surface area contributed by atoms with E-state index in [0.717, 1.165) is 22.4 Å². The fourth-order valence-corrected chi connectivity index (χ4v) is 3.04. The van der Waals surface area contributed by atoms with Crippen LogP contribution in [0.5, 0.6) is 0 Å². The summed E-state index contributed by atoms with van der Waals surface area (Å²) in [6, 6.07) is 15.3. The number of halogens is 1. The summed E-state index contributed by atoms with van der Waals surface area (Å²) in [5.74, 6) is 0.890. The number of carbonyl (C=O) groups is 1. The lowest BCUT2D eigenvalue weighted by molar-refractivity contribution is -0.115. The molecule has 0 aliphatic rings. The first-order valence-electron chi connectivity index (χ1n) is 9.05. The Bertz CT molecular complexity index is 1100. The highest BCUT2D eigenvalue weighted by Gasteiger charge is 2.07. The lowest BCUT2D eigenvalue weighted by Crippen LogP contribution is -2.32. The van der Waals surface area contributed by atoms with E-state index in [4.69, 9.17) is 28.2 Å². The SMILES string of the molecule is Cc1ccc(NC(=S)NC(=O)/C=C/c2ccc(-c3ccc(C)c(Cl)c3)o2)cc1C. The molecular weight excluding hydrogens is 404 g/mol. The van der Waals surface area contributed by atoms with Gasteiger partial charge in [-0.25, -0.2) is 0 Å². The number of hydrogen-bond acceptors (Lipinski definition) is 3. The van der Waals surface area contributed by atoms with Gasteiger partial charge in [0, 0.05) is 22.3 Å². The molecule has 0 saturated heterocycles. The standard InChI is InChI=1S/C23H21ClN2O2S/c1-14-5-7-18(12-16(14)3)25-23(29)26-22(27)11-9-19-8-10-21(28-19)17-6-4-15(2)20(24)13-17/h4-13H,1-3H3,(H2,25,26,27,29)/b11-9+. The molecule has 0 aliphatic heterocycles. The van der Waals surface area contributed by atoms with Crippen LogP contribution in [0.3, 0.4) is 0 Å². The second-order valence-corrected chi connectivity index (χ2v) is 7.56. The van der Waals surface area contributed by atoms with Crippen LogP contribution >= 0.6 is 23.8 Å². The second-order valence-electron chi connectivity index (χ2n) is 6.74. The minimum Gasteiger partial charge on any atom is -0.457 e. The average molecular weight is 425 g/mol. The molecule has 148 valence electrons. The van der Waals surface area contributed by atoms with E-state index in [-0.39, 0.29) is 11.0 Å². The summed E-state index contributed by atoms with van der Waals surface area (Å²) in [4.78, 5) is 12.1. The molecule has 0 unspecified atom stereocenters. The fraction of sp³-hybridized carbons (Fsp3) is 0.130. The Morgan fingerprint density at radius 3 is 2.48 bits per heavy atom. The van der Waals surface area contributed by atoms with E-state index in [1.54, 1.807) is 12.1 Å². The van der Waals surface area contributed by atoms with E-state index >= 15 is 0 Å². The van der Waals surface area contributed by atoms with Gasteiger partial charge < -0.3 is 9.73 Å². The maximum Gasteiger partial charge on any atom is 0.250 e. The van der Waals surface area contributed by atoms with Crippen LogP contribution in [-0.2, 0) is 4.79 Å². The maximum atomic E-state index is 12.1. The second kappa shape index (κ2) is 9.07. The Balaban J connectivity index is 1.59. The zero-order valence-electron chi connectivity index (χ0n) is 16.4. The molecule has 3 rings (SSSR count). The van der Waals surface area contributed by atoms with Gasteiger partial charge in [0.25, 0.3) is 0 Å². The number of benzene rings is 2. The Kier molecular flexibility index (Phi) is 6.52. The zero-order valence-corrected chi connectivity index (χ0v) is 17.9. The molecule has 0 saturated carbocycles. The van der Waals surface area contributed by atoms with Gasteiger partial charge in [0.1, 0.15) is 11.5 Å². The normalized spacial score (nSPS) is 10.9. The van der Waals surface area contributed by atoms with Crippen LogP contribution in [0.25, 0.3) is 17.4 Å². The summed E-state index contributed by atoms with van der Waals surface area (Å²) in [6.45, 7) is 6.00. The molecule has 4 nitrogen and oxygen atoms in total. The quantitative estimate of drug-likeness (QED) is 0.395. The maximum absolute atomic E-state index is 12.1. The fourth-order valence-electron chi connectivity index (χ4n) is 2.64. The van der Waals surface area contributed by atoms with Crippen molar-refractivity contribution in [2.45, 2.75) is 20.8 Å². The van der Waals surface area contributed by atoms with Gasteiger partial charge in [-0.05, 0) is 86.1 Å². The third-order valence-electron chi connectivity index (χ3n) is 4.48. The first-order chi connectivity index (χ1) is 13.8. The van der Waals surface area contributed by atoms with Gasteiger partial charge in [-0.1, -0.05) is 29.8 Å². The van der Waals surface area contributed by atoms with Crippen molar-refractivity contribution >= 4 is 46.6 Å². The molecule has 2 N–H and O–H groups in total. The van der Waals surface area contributed by atoms with Crippen LogP contribution in [0.1, 0.15) is 22.5 Å². The molecule has 6 heteroatoms. The molecule has 1 heterocycles. The minimum atomic E-state index is -0.345. The number of rotatable bonds is 4. The average Bonchev–Trinajstić information content (AvgIpc) is 3.14. The van der Waals surface area contributed by atoms with E-state index < -0.39 is 0 Å². The van der Waals surface area contributed by atoms with Gasteiger partial charge in [-0.3, -0.25) is 10.1 Å². The Morgan fingerprint density at radius 2 is 1.76 bits per heavy atom. The highest BCUT2D eigenvalue weighted by Crippen LogP contribution is 2.27. The van der Waals surface area contributed by atoms with Crippen molar-refractivity contribution in [3.05, 3.63) is 82.1 Å². The highest BCUT2D eigenvalue weighted by molar-refractivity contribution is 7.80. The van der Waals surface area contributed by atoms with Crippen molar-refractivity contribution in [1.82, 2.24) is 5.32 Å². The minimum absolute atomic E-state index is 0.234. The van der Waals surface area contributed by atoms with Crippen molar-refractivity contribution in [3.8, 4) is 11.3 Å². The number of hydrogen-bond donors (Lipinski definition) is 2. The number of furan rings is 1. The summed E-state index contributed by atoms with van der Waals surface area (Å²) >= 11 is 11.4. The van der Waals surface area contributed by atoms with Gasteiger partial charge in [0.15, 0.2) is 5.11 Å². The van der Waals surface area contributed by atoms with E-state index in [2.05, 4.69) is 10.6 Å². The van der Waals surface area contributed by atoms with Crippen molar-refractivity contribution in [2.24, 2.45) is 0 Å². The molecule has 0 fully saturated rings. The predicted octanol–water partition coefficient (Wildman–Crippen LogP) is 6.05. The van der Waals surface area contributed by atoms with Gasteiger partial charge in [-0.2, -0.15) is 0 Å². The third-order valence-corrected chi connectivity index (χ3v) is 5.09. The molecule has 0 aliphatic carbocycles. The predicted molar refractivity (Wildman–Crippen MR) is 123 cm³/mol. The number of amides is 1. The number of thiocarbonyl (C=S) groups is 1. The van der Waals surface area contributed by atoms with Crippen molar-refractivity contribution in [1.29, 1.82) is 0 Å². The summed E-state index contributed by atoms with van der Waals surface area (Å²) < 4.78 is 5.77. The van der Waals surface area contributed by atoms with Crippen LogP contribution in [-0.4, -0.2) is 11.0 Å². The largest absolute Gasteiger partial charge is 0.457 e. The molecule has 0 radical (unpaired) electrons. The lowest BCUT2D eigenvalue weighted by Gasteiger charge is -2.09. The molecule has 0 atom stereocenters. The summed E-state index contributed by atoms with van der Waals surface area (Å²) in [7, 11) is 0. The van der Waals surface area contributed by atoms with Gasteiger partial charge >= 0.3 is 0 Å². The molecule has 1 aromatic heterocycles. The third kappa shape index (κ3) is 5.56. The van der Waals surface area contributed by atoms with Crippen molar-refractivity contribution in [2.75, 3.05) is 5.32 Å². The molecule has 0 spiro atoms. The highest BCUT2D eigenvalue weighted by atomic mass is 35.5. The smallest absolute Gasteiger partial charge is 0.250 e. The number of anilines is 1. The van der Waals surface area contributed by atoms with Crippen LogP contribution in [0.4, 0.5) is 5.69 Å². The Labute approximate surface area is 180 Å². The zero-order chi connectivity index (χ0) is 21.0. The van der Waals surface area contributed by atoms with Crippen LogP contribution < -0.4 is 10.6 Å². The monoisotopic (exact) mass is 424 g/mol. The van der Waals surface area contributed by atoms with E-state index in [1.165, 1.54) is 11.6 Å². The molecule has 0 bridgehead atoms. The first kappa shape index (κ1) is 20.8. The van der Waals surface area contributed by atoms with E-state index in [9.17, 15) is 4.79 Å². The molecule has 1 amide bonds. The summed E-state index contributed by atoms with van der Waals surface area (Å²) in [5.41, 5.74) is 5.05. The van der Waals surface area contributed by atoms with Crippen LogP contribution in [0.2, 0.25) is 5.02 Å². The molecule has 2 aromatic carbocycles. The molecule has 29 heavy (non-hydrogen) atoms. The molecule has 3 aromatic rings.